The molecule has 3 heterocycles. The summed E-state index contributed by atoms with van der Waals surface area (Å²) in [5.74, 6) is 1.31. The SMILES string of the molecule is CC1CCCN(C(=O)C2CCN(C(=O)CN3CCC(OC4CCCCC4)CC3)CC2)C1. The molecule has 0 bridgehead atoms. The molecule has 0 aromatic carbocycles. The van der Waals surface area contributed by atoms with Gasteiger partial charge in [-0.2, -0.15) is 0 Å². The van der Waals surface area contributed by atoms with Crippen molar-refractivity contribution in [2.24, 2.45) is 11.8 Å². The summed E-state index contributed by atoms with van der Waals surface area (Å²) < 4.78 is 6.33. The van der Waals surface area contributed by atoms with Gasteiger partial charge in [-0.1, -0.05) is 26.2 Å². The van der Waals surface area contributed by atoms with Crippen molar-refractivity contribution in [3.8, 4) is 0 Å². The van der Waals surface area contributed by atoms with E-state index in [4.69, 9.17) is 4.74 Å². The lowest BCUT2D eigenvalue weighted by Crippen LogP contribution is -2.49. The first kappa shape index (κ1) is 23.0. The molecule has 4 fully saturated rings. The van der Waals surface area contributed by atoms with E-state index in [2.05, 4.69) is 16.7 Å². The zero-order chi connectivity index (χ0) is 21.6. The second-order valence-corrected chi connectivity index (χ2v) is 10.6. The van der Waals surface area contributed by atoms with Gasteiger partial charge in [0.1, 0.15) is 0 Å². The molecule has 1 unspecified atom stereocenters. The molecule has 1 aliphatic carbocycles. The summed E-state index contributed by atoms with van der Waals surface area (Å²) in [6, 6.07) is 0. The van der Waals surface area contributed by atoms with Crippen LogP contribution in [0.1, 0.15) is 77.6 Å². The molecule has 0 aromatic heterocycles. The van der Waals surface area contributed by atoms with Crippen molar-refractivity contribution in [3.63, 3.8) is 0 Å². The highest BCUT2D eigenvalue weighted by molar-refractivity contribution is 5.81. The van der Waals surface area contributed by atoms with Crippen LogP contribution in [0.5, 0.6) is 0 Å². The van der Waals surface area contributed by atoms with Crippen molar-refractivity contribution in [3.05, 3.63) is 0 Å². The molecular weight excluding hydrogens is 390 g/mol. The highest BCUT2D eigenvalue weighted by Gasteiger charge is 2.32. The predicted molar refractivity (Wildman–Crippen MR) is 122 cm³/mol. The molecule has 31 heavy (non-hydrogen) atoms. The molecule has 6 nitrogen and oxygen atoms in total. The van der Waals surface area contributed by atoms with E-state index in [-0.39, 0.29) is 11.8 Å². The summed E-state index contributed by atoms with van der Waals surface area (Å²) >= 11 is 0. The van der Waals surface area contributed by atoms with Gasteiger partial charge >= 0.3 is 0 Å². The van der Waals surface area contributed by atoms with Gasteiger partial charge in [-0.05, 0) is 57.3 Å². The van der Waals surface area contributed by atoms with Crippen molar-refractivity contribution < 1.29 is 14.3 Å². The average molecular weight is 434 g/mol. The second-order valence-electron chi connectivity index (χ2n) is 10.6. The molecule has 0 spiro atoms. The first-order chi connectivity index (χ1) is 15.1. The lowest BCUT2D eigenvalue weighted by molar-refractivity contribution is -0.142. The summed E-state index contributed by atoms with van der Waals surface area (Å²) in [7, 11) is 0. The van der Waals surface area contributed by atoms with Crippen LogP contribution in [-0.4, -0.2) is 84.5 Å². The molecule has 6 heteroatoms. The molecule has 2 amide bonds. The molecule has 0 aromatic rings. The minimum absolute atomic E-state index is 0.113. The first-order valence-corrected chi connectivity index (χ1v) is 13.0. The topological polar surface area (TPSA) is 53.1 Å². The Morgan fingerprint density at radius 3 is 2.10 bits per heavy atom. The fourth-order valence-electron chi connectivity index (χ4n) is 5.99. The number of piperidine rings is 3. The third-order valence-electron chi connectivity index (χ3n) is 8.00. The minimum Gasteiger partial charge on any atom is -0.375 e. The Morgan fingerprint density at radius 2 is 1.42 bits per heavy atom. The minimum atomic E-state index is 0.113. The smallest absolute Gasteiger partial charge is 0.236 e. The van der Waals surface area contributed by atoms with E-state index in [1.807, 2.05) is 4.90 Å². The summed E-state index contributed by atoms with van der Waals surface area (Å²) in [5, 5.41) is 0. The van der Waals surface area contributed by atoms with Crippen molar-refractivity contribution in [1.82, 2.24) is 14.7 Å². The molecule has 4 aliphatic rings. The highest BCUT2D eigenvalue weighted by atomic mass is 16.5. The lowest BCUT2D eigenvalue weighted by Gasteiger charge is -2.38. The second kappa shape index (κ2) is 11.1. The van der Waals surface area contributed by atoms with Crippen molar-refractivity contribution in [1.29, 1.82) is 0 Å². The van der Waals surface area contributed by atoms with Gasteiger partial charge < -0.3 is 14.5 Å². The zero-order valence-corrected chi connectivity index (χ0v) is 19.6. The van der Waals surface area contributed by atoms with Gasteiger partial charge in [0.25, 0.3) is 0 Å². The van der Waals surface area contributed by atoms with E-state index in [0.717, 1.165) is 71.4 Å². The van der Waals surface area contributed by atoms with Crippen LogP contribution in [0.2, 0.25) is 0 Å². The molecule has 4 rings (SSSR count). The molecule has 3 aliphatic heterocycles. The van der Waals surface area contributed by atoms with Crippen molar-refractivity contribution >= 4 is 11.8 Å². The van der Waals surface area contributed by atoms with Crippen LogP contribution < -0.4 is 0 Å². The monoisotopic (exact) mass is 433 g/mol. The summed E-state index contributed by atoms with van der Waals surface area (Å²) in [6.45, 7) is 8.00. The van der Waals surface area contributed by atoms with Gasteiger partial charge in [-0.15, -0.1) is 0 Å². The van der Waals surface area contributed by atoms with Crippen molar-refractivity contribution in [2.45, 2.75) is 89.8 Å². The number of amides is 2. The molecule has 0 N–H and O–H groups in total. The van der Waals surface area contributed by atoms with Gasteiger partial charge in [0.05, 0.1) is 18.8 Å². The Kier molecular flexibility index (Phi) is 8.27. The van der Waals surface area contributed by atoms with Crippen LogP contribution in [-0.2, 0) is 14.3 Å². The molecular formula is C25H43N3O3. The number of carbonyl (C=O) groups is 2. The number of likely N-dealkylation sites (tertiary alicyclic amines) is 3. The largest absolute Gasteiger partial charge is 0.375 e. The number of hydrogen-bond donors (Lipinski definition) is 0. The van der Waals surface area contributed by atoms with Gasteiger partial charge in [-0.25, -0.2) is 0 Å². The average Bonchev–Trinajstić information content (AvgIpc) is 2.81. The van der Waals surface area contributed by atoms with E-state index in [1.165, 1.54) is 38.5 Å². The molecule has 3 saturated heterocycles. The maximum absolute atomic E-state index is 12.9. The Hall–Kier alpha value is -1.14. The quantitative estimate of drug-likeness (QED) is 0.668. The van der Waals surface area contributed by atoms with Crippen LogP contribution in [0.25, 0.3) is 0 Å². The van der Waals surface area contributed by atoms with E-state index in [0.29, 0.717) is 30.6 Å². The fraction of sp³-hybridized carbons (Fsp3) is 0.920. The summed E-state index contributed by atoms with van der Waals surface area (Å²) in [6.07, 6.45) is 13.4. The summed E-state index contributed by atoms with van der Waals surface area (Å²) in [5.41, 5.74) is 0. The van der Waals surface area contributed by atoms with E-state index in [9.17, 15) is 9.59 Å². The fourth-order valence-corrected chi connectivity index (χ4v) is 5.99. The standard InChI is InChI=1S/C25H43N3O3/c1-20-6-5-13-28(18-20)25(30)21-9-16-27(17-10-21)24(29)19-26-14-11-23(12-15-26)31-22-7-3-2-4-8-22/h20-23H,2-19H2,1H3. The maximum atomic E-state index is 12.9. The van der Waals surface area contributed by atoms with Gasteiger partial charge in [0.2, 0.25) is 11.8 Å². The van der Waals surface area contributed by atoms with Crippen molar-refractivity contribution in [2.75, 3.05) is 45.8 Å². The first-order valence-electron chi connectivity index (χ1n) is 13.0. The van der Waals surface area contributed by atoms with Crippen LogP contribution in [0, 0.1) is 11.8 Å². The van der Waals surface area contributed by atoms with Gasteiger partial charge in [0, 0.05) is 45.2 Å². The number of carbonyl (C=O) groups excluding carboxylic acids is 2. The third-order valence-corrected chi connectivity index (χ3v) is 8.00. The molecule has 1 atom stereocenters. The Balaban J connectivity index is 1.14. The van der Waals surface area contributed by atoms with Crippen LogP contribution in [0.4, 0.5) is 0 Å². The van der Waals surface area contributed by atoms with Crippen LogP contribution in [0.15, 0.2) is 0 Å². The summed E-state index contributed by atoms with van der Waals surface area (Å²) in [4.78, 5) is 32.1. The molecule has 176 valence electrons. The van der Waals surface area contributed by atoms with E-state index in [1.54, 1.807) is 0 Å². The third kappa shape index (κ3) is 6.44. The lowest BCUT2D eigenvalue weighted by atomic mass is 9.92. The van der Waals surface area contributed by atoms with E-state index >= 15 is 0 Å². The Morgan fingerprint density at radius 1 is 0.742 bits per heavy atom. The number of hydrogen-bond acceptors (Lipinski definition) is 4. The predicted octanol–water partition coefficient (Wildman–Crippen LogP) is 3.30. The maximum Gasteiger partial charge on any atom is 0.236 e. The number of nitrogens with zero attached hydrogens (tertiary/aromatic N) is 3. The Bertz CT molecular complexity index is 591. The Labute approximate surface area is 188 Å². The van der Waals surface area contributed by atoms with E-state index < -0.39 is 0 Å². The van der Waals surface area contributed by atoms with Crippen LogP contribution >= 0.6 is 0 Å². The van der Waals surface area contributed by atoms with Gasteiger partial charge in [-0.3, -0.25) is 14.5 Å². The van der Waals surface area contributed by atoms with Gasteiger partial charge in [0.15, 0.2) is 0 Å². The number of ether oxygens (including phenoxy) is 1. The highest BCUT2D eigenvalue weighted by Crippen LogP contribution is 2.26. The van der Waals surface area contributed by atoms with Crippen LogP contribution in [0.3, 0.4) is 0 Å². The normalized spacial score (nSPS) is 28.1. The zero-order valence-electron chi connectivity index (χ0n) is 19.6. The molecule has 1 saturated carbocycles. The number of rotatable bonds is 5. The molecule has 0 radical (unpaired) electrons.